The molecule has 2 rings (SSSR count). The molecule has 0 bridgehead atoms. The van der Waals surface area contributed by atoms with Crippen LogP contribution in [0.4, 0.5) is 5.69 Å². The Morgan fingerprint density at radius 1 is 1.24 bits per heavy atom. The van der Waals surface area contributed by atoms with E-state index in [-0.39, 0.29) is 5.91 Å². The lowest BCUT2D eigenvalue weighted by Gasteiger charge is -2.09. The van der Waals surface area contributed by atoms with Gasteiger partial charge in [0.2, 0.25) is 0 Å². The van der Waals surface area contributed by atoms with Gasteiger partial charge in [-0.05, 0) is 35.9 Å². The first kappa shape index (κ1) is 14.9. The van der Waals surface area contributed by atoms with Gasteiger partial charge < -0.3 is 10.6 Å². The molecule has 0 aliphatic carbocycles. The minimum Gasteiger partial charge on any atom is -0.380 e. The van der Waals surface area contributed by atoms with Crippen molar-refractivity contribution in [1.82, 2.24) is 5.32 Å². The smallest absolute Gasteiger partial charge is 0.251 e. The van der Waals surface area contributed by atoms with E-state index in [1.807, 2.05) is 12.1 Å². The van der Waals surface area contributed by atoms with Gasteiger partial charge in [0.05, 0.1) is 11.3 Å². The van der Waals surface area contributed by atoms with Gasteiger partial charge in [-0.15, -0.1) is 0 Å². The summed E-state index contributed by atoms with van der Waals surface area (Å²) >= 11 is 5.86. The summed E-state index contributed by atoms with van der Waals surface area (Å²) in [4.78, 5) is 11.4. The van der Waals surface area contributed by atoms with Crippen molar-refractivity contribution in [3.05, 3.63) is 64.2 Å². The summed E-state index contributed by atoms with van der Waals surface area (Å²) in [6, 6.07) is 14.5. The van der Waals surface area contributed by atoms with E-state index in [9.17, 15) is 4.79 Å². The number of nitrogens with zero attached hydrogens (tertiary/aromatic N) is 1. The van der Waals surface area contributed by atoms with Crippen LogP contribution in [0.3, 0.4) is 0 Å². The van der Waals surface area contributed by atoms with E-state index in [4.69, 9.17) is 16.9 Å². The number of amides is 1. The number of rotatable bonds is 4. The molecule has 0 radical (unpaired) electrons. The Labute approximate surface area is 128 Å². The number of nitrogens with one attached hydrogen (secondary N) is 2. The molecule has 2 aromatic rings. The molecule has 0 aliphatic heterocycles. The zero-order valence-electron chi connectivity index (χ0n) is 11.5. The van der Waals surface area contributed by atoms with Crippen LogP contribution in [0.2, 0.25) is 5.02 Å². The maximum Gasteiger partial charge on any atom is 0.251 e. The van der Waals surface area contributed by atoms with Gasteiger partial charge >= 0.3 is 0 Å². The van der Waals surface area contributed by atoms with Crippen LogP contribution in [0, 0.1) is 11.3 Å². The van der Waals surface area contributed by atoms with Crippen molar-refractivity contribution in [3.63, 3.8) is 0 Å². The maximum absolute atomic E-state index is 11.4. The first-order chi connectivity index (χ1) is 10.1. The highest BCUT2D eigenvalue weighted by molar-refractivity contribution is 6.30. The van der Waals surface area contributed by atoms with E-state index >= 15 is 0 Å². The molecule has 1 amide bonds. The highest BCUT2D eigenvalue weighted by Gasteiger charge is 2.04. The average molecular weight is 300 g/mol. The molecule has 5 heteroatoms. The third-order valence-electron chi connectivity index (χ3n) is 3.03. The number of halogens is 1. The number of anilines is 1. The molecule has 21 heavy (non-hydrogen) atoms. The Kier molecular flexibility index (Phi) is 4.81. The van der Waals surface area contributed by atoms with Crippen LogP contribution < -0.4 is 10.6 Å². The molecule has 0 atom stereocenters. The Bertz CT molecular complexity index is 690. The van der Waals surface area contributed by atoms with E-state index in [0.29, 0.717) is 22.7 Å². The molecule has 2 N–H and O–H groups in total. The summed E-state index contributed by atoms with van der Waals surface area (Å²) in [7, 11) is 1.60. The van der Waals surface area contributed by atoms with Crippen molar-refractivity contribution in [2.24, 2.45) is 0 Å². The molecule has 0 aromatic heterocycles. The van der Waals surface area contributed by atoms with Gasteiger partial charge in [0.1, 0.15) is 6.07 Å². The second-order valence-electron chi connectivity index (χ2n) is 4.43. The summed E-state index contributed by atoms with van der Waals surface area (Å²) in [5.74, 6) is -0.112. The fourth-order valence-electron chi connectivity index (χ4n) is 1.88. The molecule has 0 unspecified atom stereocenters. The van der Waals surface area contributed by atoms with Crippen molar-refractivity contribution >= 4 is 23.2 Å². The van der Waals surface area contributed by atoms with Gasteiger partial charge in [0.15, 0.2) is 0 Å². The lowest BCUT2D eigenvalue weighted by Crippen LogP contribution is -2.17. The van der Waals surface area contributed by atoms with Gasteiger partial charge in [0.25, 0.3) is 5.91 Å². The number of hydrogen-bond acceptors (Lipinski definition) is 3. The molecule has 0 saturated heterocycles. The van der Waals surface area contributed by atoms with E-state index in [2.05, 4.69) is 16.7 Å². The predicted octanol–water partition coefficient (Wildman–Crippen LogP) is 3.18. The number of carbonyl (C=O) groups excluding carboxylic acids is 1. The van der Waals surface area contributed by atoms with Crippen LogP contribution in [0.15, 0.2) is 42.5 Å². The zero-order valence-corrected chi connectivity index (χ0v) is 12.2. The second kappa shape index (κ2) is 6.78. The third kappa shape index (κ3) is 3.74. The van der Waals surface area contributed by atoms with Crippen molar-refractivity contribution in [3.8, 4) is 6.07 Å². The minimum atomic E-state index is -0.112. The zero-order chi connectivity index (χ0) is 15.2. The summed E-state index contributed by atoms with van der Waals surface area (Å²) < 4.78 is 0. The molecule has 2 aromatic carbocycles. The van der Waals surface area contributed by atoms with Crippen molar-refractivity contribution in [2.45, 2.75) is 6.54 Å². The highest BCUT2D eigenvalue weighted by Crippen LogP contribution is 2.20. The van der Waals surface area contributed by atoms with E-state index in [1.54, 1.807) is 37.4 Å². The van der Waals surface area contributed by atoms with Crippen LogP contribution in [0.25, 0.3) is 0 Å². The first-order valence-electron chi connectivity index (χ1n) is 6.38. The molecule has 0 fully saturated rings. The Morgan fingerprint density at radius 2 is 1.95 bits per heavy atom. The maximum atomic E-state index is 11.4. The highest BCUT2D eigenvalue weighted by atomic mass is 35.5. The molecule has 0 heterocycles. The molecular formula is C16H14ClN3O. The van der Waals surface area contributed by atoms with Gasteiger partial charge in [-0.1, -0.05) is 23.7 Å². The van der Waals surface area contributed by atoms with E-state index < -0.39 is 0 Å². The fraction of sp³-hybridized carbons (Fsp3) is 0.125. The van der Waals surface area contributed by atoms with Crippen LogP contribution in [-0.2, 0) is 6.54 Å². The van der Waals surface area contributed by atoms with Gasteiger partial charge in [-0.25, -0.2) is 0 Å². The van der Waals surface area contributed by atoms with Gasteiger partial charge in [-0.3, -0.25) is 4.79 Å². The molecule has 0 saturated carbocycles. The number of carbonyl (C=O) groups is 1. The van der Waals surface area contributed by atoms with Crippen LogP contribution in [-0.4, -0.2) is 13.0 Å². The van der Waals surface area contributed by atoms with Crippen molar-refractivity contribution in [2.75, 3.05) is 12.4 Å². The second-order valence-corrected chi connectivity index (χ2v) is 4.87. The van der Waals surface area contributed by atoms with E-state index in [0.717, 1.165) is 11.3 Å². The standard InChI is InChI=1S/C16H14ClN3O/c1-19-16(21)12-4-2-11(3-5-12)10-20-15-7-6-14(17)8-13(15)9-18/h2-8,20H,10H2,1H3,(H,19,21). The Balaban J connectivity index is 2.07. The summed E-state index contributed by atoms with van der Waals surface area (Å²) in [6.45, 7) is 0.560. The lowest BCUT2D eigenvalue weighted by molar-refractivity contribution is 0.0963. The average Bonchev–Trinajstić information content (AvgIpc) is 2.53. The summed E-state index contributed by atoms with van der Waals surface area (Å²) in [6.07, 6.45) is 0. The van der Waals surface area contributed by atoms with Crippen LogP contribution in [0.1, 0.15) is 21.5 Å². The predicted molar refractivity (Wildman–Crippen MR) is 83.3 cm³/mol. The summed E-state index contributed by atoms with van der Waals surface area (Å²) in [5, 5.41) is 15.4. The number of hydrogen-bond donors (Lipinski definition) is 2. The lowest BCUT2D eigenvalue weighted by atomic mass is 10.1. The van der Waals surface area contributed by atoms with Crippen LogP contribution >= 0.6 is 11.6 Å². The SMILES string of the molecule is CNC(=O)c1ccc(CNc2ccc(Cl)cc2C#N)cc1. The third-order valence-corrected chi connectivity index (χ3v) is 3.26. The largest absolute Gasteiger partial charge is 0.380 e. The minimum absolute atomic E-state index is 0.112. The van der Waals surface area contributed by atoms with Gasteiger partial charge in [0, 0.05) is 24.2 Å². The Hall–Kier alpha value is -2.51. The van der Waals surface area contributed by atoms with Crippen molar-refractivity contribution < 1.29 is 4.79 Å². The molecule has 4 nitrogen and oxygen atoms in total. The quantitative estimate of drug-likeness (QED) is 0.911. The van der Waals surface area contributed by atoms with Crippen molar-refractivity contribution in [1.29, 1.82) is 5.26 Å². The van der Waals surface area contributed by atoms with Crippen LogP contribution in [0.5, 0.6) is 0 Å². The molecule has 0 aliphatic rings. The number of benzene rings is 2. The monoisotopic (exact) mass is 299 g/mol. The summed E-state index contributed by atoms with van der Waals surface area (Å²) in [5.41, 5.74) is 2.87. The normalized spacial score (nSPS) is 9.76. The fourth-order valence-corrected chi connectivity index (χ4v) is 2.05. The first-order valence-corrected chi connectivity index (χ1v) is 6.76. The number of nitriles is 1. The Morgan fingerprint density at radius 3 is 2.57 bits per heavy atom. The van der Waals surface area contributed by atoms with E-state index in [1.165, 1.54) is 0 Å². The molecular weight excluding hydrogens is 286 g/mol. The topological polar surface area (TPSA) is 64.9 Å². The van der Waals surface area contributed by atoms with Gasteiger partial charge in [-0.2, -0.15) is 5.26 Å². The molecule has 0 spiro atoms. The molecule has 106 valence electrons.